The molecule has 1 aromatic rings. The summed E-state index contributed by atoms with van der Waals surface area (Å²) in [5, 5.41) is 0. The highest BCUT2D eigenvalue weighted by Crippen LogP contribution is 2.37. The summed E-state index contributed by atoms with van der Waals surface area (Å²) in [5.74, 6) is -2.49. The minimum absolute atomic E-state index is 0.168. The largest absolute Gasteiger partial charge is 0.368 e. The van der Waals surface area contributed by atoms with Crippen molar-refractivity contribution in [1.29, 1.82) is 0 Å². The third-order valence-corrected chi connectivity index (χ3v) is 7.02. The van der Waals surface area contributed by atoms with Crippen LogP contribution in [0.5, 0.6) is 0 Å². The molecular formula is C19H25F2N5O5S. The van der Waals surface area contributed by atoms with E-state index in [1.165, 1.54) is 17.0 Å². The summed E-state index contributed by atoms with van der Waals surface area (Å²) >= 11 is 0. The molecule has 0 unspecified atom stereocenters. The van der Waals surface area contributed by atoms with Crippen LogP contribution in [0.4, 0.5) is 14.5 Å². The van der Waals surface area contributed by atoms with Crippen LogP contribution in [0.2, 0.25) is 0 Å². The lowest BCUT2D eigenvalue weighted by atomic mass is 10.1. The number of carbonyl (C=O) groups excluding carboxylic acids is 3. The number of benzene rings is 1. The van der Waals surface area contributed by atoms with E-state index in [4.69, 9.17) is 5.73 Å². The molecule has 2 aliphatic heterocycles. The van der Waals surface area contributed by atoms with Crippen molar-refractivity contribution in [3.8, 4) is 0 Å². The first-order valence-electron chi connectivity index (χ1n) is 10.0. The first-order valence-corrected chi connectivity index (χ1v) is 11.5. The first-order chi connectivity index (χ1) is 15.0. The Bertz CT molecular complexity index is 1010. The lowest BCUT2D eigenvalue weighted by molar-refractivity contribution is -0.138. The maximum Gasteiger partial charge on any atom is 0.267 e. The van der Waals surface area contributed by atoms with Crippen molar-refractivity contribution < 1.29 is 31.6 Å². The van der Waals surface area contributed by atoms with E-state index < -0.39 is 50.7 Å². The summed E-state index contributed by atoms with van der Waals surface area (Å²) < 4.78 is 55.9. The monoisotopic (exact) mass is 473 g/mol. The summed E-state index contributed by atoms with van der Waals surface area (Å²) in [5.41, 5.74) is 4.19. The Hall–Kier alpha value is -2.64. The summed E-state index contributed by atoms with van der Waals surface area (Å²) in [6.07, 6.45) is -2.60. The minimum atomic E-state index is -4.77. The third-order valence-electron chi connectivity index (χ3n) is 5.53. The van der Waals surface area contributed by atoms with E-state index >= 15 is 0 Å². The zero-order valence-electron chi connectivity index (χ0n) is 17.5. The fraction of sp³-hybridized carbons (Fsp3) is 0.526. The van der Waals surface area contributed by atoms with Gasteiger partial charge in [0, 0.05) is 39.1 Å². The second-order valence-corrected chi connectivity index (χ2v) is 9.41. The van der Waals surface area contributed by atoms with Gasteiger partial charge < -0.3 is 20.4 Å². The number of amides is 3. The molecule has 2 aliphatic rings. The predicted octanol–water partition coefficient (Wildman–Crippen LogP) is -0.343. The van der Waals surface area contributed by atoms with Crippen LogP contribution < -0.4 is 15.4 Å². The third kappa shape index (κ3) is 4.89. The molecule has 3 rings (SSSR count). The molecule has 2 fully saturated rings. The van der Waals surface area contributed by atoms with E-state index in [1.54, 1.807) is 0 Å². The lowest BCUT2D eigenvalue weighted by Crippen LogP contribution is -2.58. The normalized spacial score (nSPS) is 18.9. The number of hydrogen-bond acceptors (Lipinski definition) is 6. The van der Waals surface area contributed by atoms with Gasteiger partial charge in [0.25, 0.3) is 12.3 Å². The van der Waals surface area contributed by atoms with Crippen LogP contribution in [0.3, 0.4) is 0 Å². The van der Waals surface area contributed by atoms with E-state index in [1.807, 2.05) is 16.7 Å². The molecule has 2 heterocycles. The van der Waals surface area contributed by atoms with Crippen molar-refractivity contribution in [2.24, 2.45) is 5.73 Å². The molecule has 3 amide bonds. The number of nitrogens with one attached hydrogen (secondary N) is 1. The molecule has 0 aromatic heterocycles. The first kappa shape index (κ1) is 24.0. The molecule has 2 saturated heterocycles. The Morgan fingerprint density at radius 2 is 1.78 bits per heavy atom. The van der Waals surface area contributed by atoms with E-state index in [-0.39, 0.29) is 31.7 Å². The molecule has 0 radical (unpaired) electrons. The zero-order chi connectivity index (χ0) is 23.6. The van der Waals surface area contributed by atoms with Crippen molar-refractivity contribution in [3.63, 3.8) is 0 Å². The molecule has 10 nitrogen and oxygen atoms in total. The van der Waals surface area contributed by atoms with Gasteiger partial charge in [0.05, 0.1) is 16.1 Å². The topological polar surface area (TPSA) is 133 Å². The molecule has 0 saturated carbocycles. The quantitative estimate of drug-likeness (QED) is 0.521. The van der Waals surface area contributed by atoms with Crippen LogP contribution in [0, 0.1) is 0 Å². The van der Waals surface area contributed by atoms with Crippen LogP contribution in [0.25, 0.3) is 0 Å². The number of alkyl halides is 2. The van der Waals surface area contributed by atoms with E-state index in [0.717, 1.165) is 11.0 Å². The maximum absolute atomic E-state index is 14.0. The van der Waals surface area contributed by atoms with Gasteiger partial charge in [0.2, 0.25) is 21.8 Å². The number of piperazine rings is 1. The highest BCUT2D eigenvalue weighted by Gasteiger charge is 2.37. The Kier molecular flexibility index (Phi) is 7.10. The van der Waals surface area contributed by atoms with Crippen molar-refractivity contribution in [3.05, 3.63) is 23.8 Å². The average molecular weight is 474 g/mol. The summed E-state index contributed by atoms with van der Waals surface area (Å²) in [6.45, 7) is 1.74. The van der Waals surface area contributed by atoms with Gasteiger partial charge in [0.15, 0.2) is 6.04 Å². The molecular weight excluding hydrogens is 448 g/mol. The number of primary amides is 1. The fourth-order valence-electron chi connectivity index (χ4n) is 3.78. The van der Waals surface area contributed by atoms with Gasteiger partial charge in [-0.2, -0.15) is 4.72 Å². The predicted molar refractivity (Wildman–Crippen MR) is 110 cm³/mol. The summed E-state index contributed by atoms with van der Waals surface area (Å²) in [4.78, 5) is 40.3. The van der Waals surface area contributed by atoms with Gasteiger partial charge >= 0.3 is 0 Å². The van der Waals surface area contributed by atoms with Crippen molar-refractivity contribution in [1.82, 2.24) is 14.5 Å². The van der Waals surface area contributed by atoms with Gasteiger partial charge in [0.1, 0.15) is 0 Å². The van der Waals surface area contributed by atoms with Crippen molar-refractivity contribution in [2.75, 3.05) is 44.7 Å². The fourth-order valence-corrected chi connectivity index (χ4v) is 5.18. The van der Waals surface area contributed by atoms with E-state index in [2.05, 4.69) is 0 Å². The Morgan fingerprint density at radius 3 is 2.31 bits per heavy atom. The summed E-state index contributed by atoms with van der Waals surface area (Å²) in [6, 6.07) is 1.45. The van der Waals surface area contributed by atoms with Crippen LogP contribution in [-0.2, 0) is 24.4 Å². The molecule has 3 N–H and O–H groups in total. The van der Waals surface area contributed by atoms with Crippen molar-refractivity contribution >= 4 is 33.4 Å². The van der Waals surface area contributed by atoms with Crippen molar-refractivity contribution in [2.45, 2.75) is 30.2 Å². The number of rotatable bonds is 7. The van der Waals surface area contributed by atoms with Crippen LogP contribution in [0.1, 0.15) is 24.8 Å². The molecule has 0 aliphatic carbocycles. The number of carbonyl (C=O) groups is 3. The number of nitrogens with two attached hydrogens (primary N) is 1. The van der Waals surface area contributed by atoms with E-state index in [0.29, 0.717) is 19.5 Å². The SMILES string of the molecule is CN1CCN(C(=O)[C@@H](NS(=O)(=O)c2cccc(N3CCCC3=O)c2C(F)F)C(N)=O)CC1. The Labute approximate surface area is 184 Å². The maximum atomic E-state index is 14.0. The van der Waals surface area contributed by atoms with Gasteiger partial charge in [-0.15, -0.1) is 0 Å². The van der Waals surface area contributed by atoms with Gasteiger partial charge in [-0.05, 0) is 25.6 Å². The Balaban J connectivity index is 1.94. The zero-order valence-corrected chi connectivity index (χ0v) is 18.3. The number of hydrogen-bond donors (Lipinski definition) is 2. The van der Waals surface area contributed by atoms with Gasteiger partial charge in [-0.25, -0.2) is 17.2 Å². The molecule has 0 bridgehead atoms. The number of likely N-dealkylation sites (N-methyl/N-ethyl adjacent to an activating group) is 1. The summed E-state index contributed by atoms with van der Waals surface area (Å²) in [7, 11) is -2.92. The second-order valence-electron chi connectivity index (χ2n) is 7.72. The van der Waals surface area contributed by atoms with E-state index in [9.17, 15) is 31.6 Å². The second kappa shape index (κ2) is 9.46. The van der Waals surface area contributed by atoms with Crippen LogP contribution in [-0.4, -0.2) is 81.8 Å². The van der Waals surface area contributed by atoms with Gasteiger partial charge in [-0.3, -0.25) is 14.4 Å². The highest BCUT2D eigenvalue weighted by molar-refractivity contribution is 7.89. The number of anilines is 1. The van der Waals surface area contributed by atoms with Crippen LogP contribution in [0.15, 0.2) is 23.1 Å². The molecule has 176 valence electrons. The van der Waals surface area contributed by atoms with Gasteiger partial charge in [-0.1, -0.05) is 6.07 Å². The smallest absolute Gasteiger partial charge is 0.267 e. The number of nitrogens with zero attached hydrogens (tertiary/aromatic N) is 3. The number of sulfonamides is 1. The minimum Gasteiger partial charge on any atom is -0.368 e. The van der Waals surface area contributed by atoms with Crippen LogP contribution >= 0.6 is 0 Å². The molecule has 1 atom stereocenters. The average Bonchev–Trinajstić information content (AvgIpc) is 3.17. The Morgan fingerprint density at radius 1 is 1.12 bits per heavy atom. The molecule has 0 spiro atoms. The number of halogens is 2. The molecule has 13 heteroatoms. The standard InChI is InChI=1S/C19H25F2N5O5S/c1-24-8-10-25(11-9-24)19(29)16(18(22)28)23-32(30,31)13-5-2-4-12(15(13)17(20)21)26-7-3-6-14(26)27/h2,4-5,16-17,23H,3,6-11H2,1H3,(H2,22,28)/t16-/m0/s1. The molecule has 1 aromatic carbocycles. The lowest BCUT2D eigenvalue weighted by Gasteiger charge is -2.34. The highest BCUT2D eigenvalue weighted by atomic mass is 32.2. The molecule has 32 heavy (non-hydrogen) atoms.